The van der Waals surface area contributed by atoms with Gasteiger partial charge in [0.2, 0.25) is 0 Å². The van der Waals surface area contributed by atoms with E-state index in [1.54, 1.807) is 12.1 Å². The number of rotatable bonds is 7. The van der Waals surface area contributed by atoms with Crippen LogP contribution in [0.3, 0.4) is 0 Å². The number of carbonyl (C=O) groups is 2. The second kappa shape index (κ2) is 8.63. The fourth-order valence-corrected chi connectivity index (χ4v) is 1.73. The predicted molar refractivity (Wildman–Crippen MR) is 84.9 cm³/mol. The molecule has 0 aliphatic rings. The highest BCUT2D eigenvalue weighted by Gasteiger charge is 2.07. The van der Waals surface area contributed by atoms with Gasteiger partial charge < -0.3 is 21.1 Å². The van der Waals surface area contributed by atoms with Crippen LogP contribution in [-0.4, -0.2) is 45.0 Å². The van der Waals surface area contributed by atoms with Crippen LogP contribution in [0.1, 0.15) is 16.8 Å². The maximum absolute atomic E-state index is 11.4. The third kappa shape index (κ3) is 5.41. The highest BCUT2D eigenvalue weighted by atomic mass is 16.5. The summed E-state index contributed by atoms with van der Waals surface area (Å²) in [7, 11) is 3.25. The largest absolute Gasteiger partial charge is 0.465 e. The lowest BCUT2D eigenvalue weighted by atomic mass is 10.2. The van der Waals surface area contributed by atoms with Gasteiger partial charge in [-0.1, -0.05) is 0 Å². The number of nitrogens with two attached hydrogens (primary N) is 2. The summed E-state index contributed by atoms with van der Waals surface area (Å²) in [5.41, 5.74) is 14.7. The average molecular weight is 307 g/mol. The average Bonchev–Trinajstić information content (AvgIpc) is 2.53. The Balaban J connectivity index is 2.61. The molecule has 1 aromatic rings. The van der Waals surface area contributed by atoms with Crippen molar-refractivity contribution in [2.45, 2.75) is 6.42 Å². The first-order valence-corrected chi connectivity index (χ1v) is 6.68. The molecular weight excluding hydrogens is 286 g/mol. The Morgan fingerprint density at radius 1 is 1.32 bits per heavy atom. The summed E-state index contributed by atoms with van der Waals surface area (Å²) in [5.74, 6) is -0.371. The van der Waals surface area contributed by atoms with Crippen molar-refractivity contribution in [2.24, 2.45) is 16.6 Å². The van der Waals surface area contributed by atoms with E-state index in [4.69, 9.17) is 11.5 Å². The molecule has 8 nitrogen and oxygen atoms in total. The normalized spacial score (nSPS) is 11.0. The van der Waals surface area contributed by atoms with Gasteiger partial charge >= 0.3 is 12.0 Å². The molecule has 2 amide bonds. The molecule has 0 spiro atoms. The number of methoxy groups -OCH3 is 1. The van der Waals surface area contributed by atoms with Crippen LogP contribution in [0.25, 0.3) is 0 Å². The van der Waals surface area contributed by atoms with Gasteiger partial charge in [0, 0.05) is 32.2 Å². The van der Waals surface area contributed by atoms with Crippen molar-refractivity contribution in [3.63, 3.8) is 0 Å². The van der Waals surface area contributed by atoms with Crippen LogP contribution in [0.15, 0.2) is 29.4 Å². The fraction of sp³-hybridized carbons (Fsp3) is 0.357. The number of hydrogen-bond donors (Lipinski definition) is 3. The van der Waals surface area contributed by atoms with Crippen molar-refractivity contribution in [1.29, 1.82) is 0 Å². The van der Waals surface area contributed by atoms with Crippen molar-refractivity contribution >= 4 is 23.4 Å². The van der Waals surface area contributed by atoms with Crippen LogP contribution >= 0.6 is 0 Å². The van der Waals surface area contributed by atoms with Gasteiger partial charge in [0.1, 0.15) is 0 Å². The Labute approximate surface area is 129 Å². The number of nitrogens with one attached hydrogen (secondary N) is 1. The number of amides is 2. The maximum atomic E-state index is 11.4. The molecule has 5 N–H and O–H groups in total. The lowest BCUT2D eigenvalue weighted by Gasteiger charge is -2.19. The van der Waals surface area contributed by atoms with Crippen molar-refractivity contribution in [1.82, 2.24) is 5.43 Å². The molecule has 0 radical (unpaired) electrons. The SMILES string of the molecule is COC(=O)c1ccc(N(C)CC/C(CN)=N/NC(N)=O)cc1. The van der Waals surface area contributed by atoms with Gasteiger partial charge in [-0.25, -0.2) is 15.0 Å². The molecule has 22 heavy (non-hydrogen) atoms. The third-order valence-corrected chi connectivity index (χ3v) is 3.02. The highest BCUT2D eigenvalue weighted by Crippen LogP contribution is 2.14. The molecule has 0 aliphatic heterocycles. The fourth-order valence-electron chi connectivity index (χ4n) is 1.73. The molecule has 0 bridgehead atoms. The van der Waals surface area contributed by atoms with Crippen molar-refractivity contribution < 1.29 is 14.3 Å². The number of hydrogen-bond acceptors (Lipinski definition) is 6. The lowest BCUT2D eigenvalue weighted by Crippen LogP contribution is -2.29. The Morgan fingerprint density at radius 3 is 2.45 bits per heavy atom. The number of hydrazone groups is 1. The summed E-state index contributed by atoms with van der Waals surface area (Å²) in [6.07, 6.45) is 0.575. The van der Waals surface area contributed by atoms with Crippen molar-refractivity contribution in [2.75, 3.05) is 32.1 Å². The molecule has 8 heteroatoms. The second-order valence-corrected chi connectivity index (χ2v) is 4.57. The molecule has 120 valence electrons. The Morgan fingerprint density at radius 2 is 1.95 bits per heavy atom. The van der Waals surface area contributed by atoms with E-state index in [9.17, 15) is 9.59 Å². The van der Waals surface area contributed by atoms with Gasteiger partial charge in [0.25, 0.3) is 0 Å². The number of nitrogens with zero attached hydrogens (tertiary/aromatic N) is 2. The first kappa shape index (κ1) is 17.4. The molecule has 0 unspecified atom stereocenters. The number of primary amides is 1. The van der Waals surface area contributed by atoms with Crippen LogP contribution in [-0.2, 0) is 4.74 Å². The van der Waals surface area contributed by atoms with Gasteiger partial charge in [-0.3, -0.25) is 0 Å². The zero-order chi connectivity index (χ0) is 16.5. The minimum Gasteiger partial charge on any atom is -0.465 e. The van der Waals surface area contributed by atoms with Gasteiger partial charge in [-0.15, -0.1) is 0 Å². The molecule has 0 heterocycles. The molecule has 0 saturated carbocycles. The van der Waals surface area contributed by atoms with Gasteiger partial charge in [0.05, 0.1) is 18.4 Å². The molecule has 0 saturated heterocycles. The molecule has 0 aliphatic carbocycles. The summed E-state index contributed by atoms with van der Waals surface area (Å²) >= 11 is 0. The number of anilines is 1. The van der Waals surface area contributed by atoms with E-state index < -0.39 is 6.03 Å². The third-order valence-electron chi connectivity index (χ3n) is 3.02. The zero-order valence-corrected chi connectivity index (χ0v) is 12.7. The van der Waals surface area contributed by atoms with Crippen LogP contribution in [0.2, 0.25) is 0 Å². The zero-order valence-electron chi connectivity index (χ0n) is 12.7. The quantitative estimate of drug-likeness (QED) is 0.379. The van der Waals surface area contributed by atoms with Gasteiger partial charge in [-0.05, 0) is 24.3 Å². The number of carbonyl (C=O) groups excluding carboxylic acids is 2. The van der Waals surface area contributed by atoms with Crippen LogP contribution in [0.5, 0.6) is 0 Å². The molecule has 0 fully saturated rings. The summed E-state index contributed by atoms with van der Waals surface area (Å²) in [6.45, 7) is 0.878. The number of esters is 1. The topological polar surface area (TPSA) is 123 Å². The summed E-state index contributed by atoms with van der Waals surface area (Å²) in [5, 5.41) is 3.83. The van der Waals surface area contributed by atoms with E-state index in [0.29, 0.717) is 24.2 Å². The highest BCUT2D eigenvalue weighted by molar-refractivity contribution is 5.90. The summed E-state index contributed by atoms with van der Waals surface area (Å²) < 4.78 is 4.65. The minimum atomic E-state index is -0.724. The van der Waals surface area contributed by atoms with Crippen molar-refractivity contribution in [3.05, 3.63) is 29.8 Å². The molecule has 1 rings (SSSR count). The predicted octanol–water partition coefficient (Wildman–Crippen LogP) is 0.283. The Bertz CT molecular complexity index is 542. The van der Waals surface area contributed by atoms with Crippen LogP contribution in [0, 0.1) is 0 Å². The Hall–Kier alpha value is -2.61. The van der Waals surface area contributed by atoms with E-state index in [2.05, 4.69) is 15.3 Å². The molecular formula is C14H21N5O3. The van der Waals surface area contributed by atoms with E-state index in [1.807, 2.05) is 24.1 Å². The lowest BCUT2D eigenvalue weighted by molar-refractivity contribution is 0.0600. The summed E-state index contributed by atoms with van der Waals surface area (Å²) in [4.78, 5) is 24.0. The molecule has 0 atom stereocenters. The monoisotopic (exact) mass is 307 g/mol. The van der Waals surface area contributed by atoms with Gasteiger partial charge in [0.15, 0.2) is 0 Å². The summed E-state index contributed by atoms with van der Waals surface area (Å²) in [6, 6.07) is 6.33. The van der Waals surface area contributed by atoms with Gasteiger partial charge in [-0.2, -0.15) is 5.10 Å². The first-order chi connectivity index (χ1) is 10.5. The Kier molecular flexibility index (Phi) is 6.84. The van der Waals surface area contributed by atoms with E-state index in [0.717, 1.165) is 5.69 Å². The smallest absolute Gasteiger partial charge is 0.337 e. The minimum absolute atomic E-state index is 0.232. The maximum Gasteiger partial charge on any atom is 0.337 e. The number of benzene rings is 1. The van der Waals surface area contributed by atoms with Crippen LogP contribution in [0.4, 0.5) is 10.5 Å². The molecule has 1 aromatic carbocycles. The van der Waals surface area contributed by atoms with E-state index in [1.165, 1.54) is 7.11 Å². The first-order valence-electron chi connectivity index (χ1n) is 6.68. The molecule has 0 aromatic heterocycles. The number of urea groups is 1. The second-order valence-electron chi connectivity index (χ2n) is 4.57. The van der Waals surface area contributed by atoms with E-state index in [-0.39, 0.29) is 12.5 Å². The standard InChI is InChI=1S/C14H21N5O3/c1-19(8-7-11(9-15)17-18-14(16)21)12-5-3-10(4-6-12)13(20)22-2/h3-6H,7-9,15H2,1-2H3,(H3,16,18,21)/b17-11-. The number of ether oxygens (including phenoxy) is 1. The van der Waals surface area contributed by atoms with Crippen molar-refractivity contribution in [3.8, 4) is 0 Å². The van der Waals surface area contributed by atoms with Crippen LogP contribution < -0.4 is 21.8 Å². The van der Waals surface area contributed by atoms with E-state index >= 15 is 0 Å².